The summed E-state index contributed by atoms with van der Waals surface area (Å²) in [6.07, 6.45) is 6.39. The minimum atomic E-state index is 0.196. The monoisotopic (exact) mass is 290 g/mol. The summed E-state index contributed by atoms with van der Waals surface area (Å²) in [4.78, 5) is 0. The molecule has 1 fully saturated rings. The lowest BCUT2D eigenvalue weighted by molar-refractivity contribution is 0.297. The van der Waals surface area contributed by atoms with Gasteiger partial charge in [0.25, 0.3) is 0 Å². The van der Waals surface area contributed by atoms with Gasteiger partial charge in [-0.3, -0.25) is 0 Å². The molecule has 21 heavy (non-hydrogen) atoms. The molecule has 1 aliphatic heterocycles. The van der Waals surface area contributed by atoms with Gasteiger partial charge >= 0.3 is 0 Å². The summed E-state index contributed by atoms with van der Waals surface area (Å²) in [6.45, 7) is 3.08. The molecule has 1 atom stereocenters. The van der Waals surface area contributed by atoms with Crippen molar-refractivity contribution in [3.05, 3.63) is 23.8 Å². The van der Waals surface area contributed by atoms with Gasteiger partial charge in [-0.15, -0.1) is 0 Å². The Bertz CT molecular complexity index is 460. The first-order valence-electron chi connectivity index (χ1n) is 8.20. The first-order chi connectivity index (χ1) is 10.4. The molecule has 2 aliphatic rings. The molecule has 4 nitrogen and oxygen atoms in total. The lowest BCUT2D eigenvalue weighted by atomic mass is 10.1. The Hall–Kier alpha value is -1.26. The molecule has 116 valence electrons. The first-order valence-corrected chi connectivity index (χ1v) is 8.20. The fourth-order valence-corrected chi connectivity index (χ4v) is 2.81. The minimum absolute atomic E-state index is 0.196. The van der Waals surface area contributed by atoms with Gasteiger partial charge in [-0.25, -0.2) is 0 Å². The molecular formula is C17H26N2O2. The van der Waals surface area contributed by atoms with E-state index in [0.29, 0.717) is 6.54 Å². The largest absolute Gasteiger partial charge is 0.490 e. The maximum atomic E-state index is 5.93. The summed E-state index contributed by atoms with van der Waals surface area (Å²) in [6, 6.07) is 6.37. The summed E-state index contributed by atoms with van der Waals surface area (Å²) < 4.78 is 11.4. The number of nitrogens with two attached hydrogens (primary N) is 1. The molecule has 1 unspecified atom stereocenters. The maximum Gasteiger partial charge on any atom is 0.161 e. The van der Waals surface area contributed by atoms with E-state index in [9.17, 15) is 0 Å². The predicted octanol–water partition coefficient (Wildman–Crippen LogP) is 2.63. The molecule has 0 amide bonds. The molecule has 0 bridgehead atoms. The highest BCUT2D eigenvalue weighted by Crippen LogP contribution is 2.34. The molecule has 0 spiro atoms. The van der Waals surface area contributed by atoms with Gasteiger partial charge in [0.15, 0.2) is 11.5 Å². The van der Waals surface area contributed by atoms with Gasteiger partial charge in [0.1, 0.15) is 0 Å². The van der Waals surface area contributed by atoms with Crippen molar-refractivity contribution in [2.24, 2.45) is 11.7 Å². The van der Waals surface area contributed by atoms with Crippen molar-refractivity contribution in [3.8, 4) is 11.5 Å². The second kappa shape index (κ2) is 7.14. The third-order valence-electron chi connectivity index (χ3n) is 4.29. The van der Waals surface area contributed by atoms with Crippen LogP contribution in [0.1, 0.15) is 43.7 Å². The number of fused-ring (bicyclic) bond motifs is 1. The topological polar surface area (TPSA) is 56.5 Å². The Morgan fingerprint density at radius 3 is 2.76 bits per heavy atom. The van der Waals surface area contributed by atoms with Gasteiger partial charge < -0.3 is 20.5 Å². The van der Waals surface area contributed by atoms with Crippen LogP contribution < -0.4 is 20.5 Å². The van der Waals surface area contributed by atoms with Gasteiger partial charge in [-0.1, -0.05) is 18.9 Å². The molecule has 1 aliphatic carbocycles. The molecule has 1 aromatic rings. The summed E-state index contributed by atoms with van der Waals surface area (Å²) in [7, 11) is 0. The second-order valence-corrected chi connectivity index (χ2v) is 6.08. The van der Waals surface area contributed by atoms with E-state index in [0.717, 1.165) is 43.6 Å². The number of rotatable bonds is 7. The smallest absolute Gasteiger partial charge is 0.161 e. The minimum Gasteiger partial charge on any atom is -0.490 e. The zero-order valence-corrected chi connectivity index (χ0v) is 12.6. The Balaban J connectivity index is 1.58. The van der Waals surface area contributed by atoms with Gasteiger partial charge in [0.2, 0.25) is 0 Å². The molecule has 1 aromatic carbocycles. The van der Waals surface area contributed by atoms with Crippen LogP contribution >= 0.6 is 0 Å². The van der Waals surface area contributed by atoms with E-state index in [1.807, 2.05) is 6.07 Å². The van der Waals surface area contributed by atoms with E-state index in [1.54, 1.807) is 0 Å². The van der Waals surface area contributed by atoms with Gasteiger partial charge in [0, 0.05) is 19.0 Å². The fourth-order valence-electron chi connectivity index (χ4n) is 2.81. The fraction of sp³-hybridized carbons (Fsp3) is 0.647. The Labute approximate surface area is 127 Å². The lowest BCUT2D eigenvalue weighted by Crippen LogP contribution is -2.29. The highest BCUT2D eigenvalue weighted by molar-refractivity contribution is 5.44. The number of nitrogens with one attached hydrogen (secondary N) is 1. The first kappa shape index (κ1) is 14.7. The van der Waals surface area contributed by atoms with Crippen molar-refractivity contribution in [1.82, 2.24) is 5.32 Å². The van der Waals surface area contributed by atoms with Crippen LogP contribution in [0.3, 0.4) is 0 Å². The molecule has 0 saturated heterocycles. The normalized spacial score (nSPS) is 19.1. The van der Waals surface area contributed by atoms with Crippen LogP contribution in [0, 0.1) is 5.92 Å². The van der Waals surface area contributed by atoms with Crippen molar-refractivity contribution < 1.29 is 9.47 Å². The third kappa shape index (κ3) is 4.11. The summed E-state index contributed by atoms with van der Waals surface area (Å²) >= 11 is 0. The van der Waals surface area contributed by atoms with Crippen molar-refractivity contribution in [2.75, 3.05) is 26.3 Å². The van der Waals surface area contributed by atoms with Crippen LogP contribution in [0.15, 0.2) is 18.2 Å². The summed E-state index contributed by atoms with van der Waals surface area (Å²) in [5, 5.41) is 3.57. The van der Waals surface area contributed by atoms with Crippen molar-refractivity contribution in [3.63, 3.8) is 0 Å². The van der Waals surface area contributed by atoms with Crippen molar-refractivity contribution in [1.29, 1.82) is 0 Å². The molecule has 4 heteroatoms. The lowest BCUT2D eigenvalue weighted by Gasteiger charge is -2.19. The molecule has 3 rings (SSSR count). The average molecular weight is 290 g/mol. The number of benzene rings is 1. The van der Waals surface area contributed by atoms with Crippen LogP contribution in [-0.4, -0.2) is 26.3 Å². The SMILES string of the molecule is NCC(NCCCC1CC1)c1ccc2c(c1)OCCCO2. The Morgan fingerprint density at radius 1 is 1.19 bits per heavy atom. The summed E-state index contributed by atoms with van der Waals surface area (Å²) in [5.41, 5.74) is 7.12. The third-order valence-corrected chi connectivity index (χ3v) is 4.29. The predicted molar refractivity (Wildman–Crippen MR) is 83.8 cm³/mol. The van der Waals surface area contributed by atoms with E-state index in [1.165, 1.54) is 31.2 Å². The van der Waals surface area contributed by atoms with Crippen molar-refractivity contribution >= 4 is 0 Å². The van der Waals surface area contributed by atoms with Gasteiger partial charge in [-0.05, 0) is 43.0 Å². The number of ether oxygens (including phenoxy) is 2. The Morgan fingerprint density at radius 2 is 2.00 bits per heavy atom. The zero-order valence-electron chi connectivity index (χ0n) is 12.6. The molecular weight excluding hydrogens is 264 g/mol. The van der Waals surface area contributed by atoms with Crippen LogP contribution in [0.2, 0.25) is 0 Å². The van der Waals surface area contributed by atoms with E-state index >= 15 is 0 Å². The van der Waals surface area contributed by atoms with E-state index in [-0.39, 0.29) is 6.04 Å². The number of hydrogen-bond acceptors (Lipinski definition) is 4. The van der Waals surface area contributed by atoms with Crippen LogP contribution in [0.25, 0.3) is 0 Å². The highest BCUT2D eigenvalue weighted by atomic mass is 16.5. The number of hydrogen-bond donors (Lipinski definition) is 2. The van der Waals surface area contributed by atoms with E-state index in [4.69, 9.17) is 15.2 Å². The summed E-state index contributed by atoms with van der Waals surface area (Å²) in [5.74, 6) is 2.70. The van der Waals surface area contributed by atoms with Crippen LogP contribution in [0.4, 0.5) is 0 Å². The van der Waals surface area contributed by atoms with Crippen molar-refractivity contribution in [2.45, 2.75) is 38.1 Å². The average Bonchev–Trinajstić information content (AvgIpc) is 3.33. The quantitative estimate of drug-likeness (QED) is 0.758. The molecule has 0 aromatic heterocycles. The molecule has 1 heterocycles. The van der Waals surface area contributed by atoms with Crippen LogP contribution in [0.5, 0.6) is 11.5 Å². The zero-order chi connectivity index (χ0) is 14.5. The molecule has 0 radical (unpaired) electrons. The van der Waals surface area contributed by atoms with E-state index in [2.05, 4.69) is 17.4 Å². The maximum absolute atomic E-state index is 5.93. The highest BCUT2D eigenvalue weighted by Gasteiger charge is 2.20. The van der Waals surface area contributed by atoms with Gasteiger partial charge in [-0.2, -0.15) is 0 Å². The Kier molecular flexibility index (Phi) is 4.99. The molecule has 3 N–H and O–H groups in total. The van der Waals surface area contributed by atoms with Crippen LogP contribution in [-0.2, 0) is 0 Å². The second-order valence-electron chi connectivity index (χ2n) is 6.08. The van der Waals surface area contributed by atoms with E-state index < -0.39 is 0 Å². The molecule has 1 saturated carbocycles. The standard InChI is InChI=1S/C17H26N2O2/c18-12-15(19-8-1-3-13-4-5-13)14-6-7-16-17(11-14)21-10-2-9-20-16/h6-7,11,13,15,19H,1-5,8-10,12,18H2. The van der Waals surface area contributed by atoms with Gasteiger partial charge in [0.05, 0.1) is 13.2 Å².